The summed E-state index contributed by atoms with van der Waals surface area (Å²) in [6, 6.07) is 13.3. The number of aromatic nitrogens is 4. The van der Waals surface area contributed by atoms with Crippen LogP contribution in [0.15, 0.2) is 57.4 Å². The van der Waals surface area contributed by atoms with Crippen LogP contribution in [0.3, 0.4) is 0 Å². The fourth-order valence-corrected chi connectivity index (χ4v) is 5.26. The van der Waals surface area contributed by atoms with Crippen molar-refractivity contribution in [3.63, 3.8) is 0 Å². The number of halogens is 2. The third kappa shape index (κ3) is 5.20. The van der Waals surface area contributed by atoms with Gasteiger partial charge in [-0.2, -0.15) is 9.29 Å². The van der Waals surface area contributed by atoms with Crippen molar-refractivity contribution in [3.8, 4) is 11.4 Å². The zero-order chi connectivity index (χ0) is 23.6. The van der Waals surface area contributed by atoms with Gasteiger partial charge in [-0.3, -0.25) is 10.1 Å². The summed E-state index contributed by atoms with van der Waals surface area (Å²) in [4.78, 5) is 16.6. The van der Waals surface area contributed by atoms with Gasteiger partial charge in [0.15, 0.2) is 0 Å². The number of rotatable bonds is 7. The lowest BCUT2D eigenvalue weighted by atomic mass is 10.2. The summed E-state index contributed by atoms with van der Waals surface area (Å²) < 4.78 is 31.6. The summed E-state index contributed by atoms with van der Waals surface area (Å²) in [6.45, 7) is -0.198. The van der Waals surface area contributed by atoms with Crippen LogP contribution in [0.5, 0.6) is 0 Å². The fourth-order valence-electron chi connectivity index (χ4n) is 2.65. The predicted molar refractivity (Wildman–Crippen MR) is 123 cm³/mol. The molecule has 1 amide bonds. The van der Waals surface area contributed by atoms with E-state index in [4.69, 9.17) is 27.7 Å². The number of nitrogens with one attached hydrogen (secondary N) is 1. The van der Waals surface area contributed by atoms with Crippen molar-refractivity contribution in [2.24, 2.45) is 0 Å². The van der Waals surface area contributed by atoms with Crippen molar-refractivity contribution in [3.05, 3.63) is 70.0 Å². The molecule has 4 rings (SSSR count). The van der Waals surface area contributed by atoms with Crippen LogP contribution in [0.4, 0.5) is 5.13 Å². The van der Waals surface area contributed by atoms with Crippen molar-refractivity contribution < 1.29 is 17.7 Å². The Kier molecular flexibility index (Phi) is 6.72. The number of benzene rings is 2. The van der Waals surface area contributed by atoms with E-state index in [1.807, 2.05) is 0 Å². The third-order valence-electron chi connectivity index (χ3n) is 4.29. The molecule has 0 radical (unpaired) electrons. The normalized spacial score (nSPS) is 11.6. The molecule has 0 unspecified atom stereocenters. The van der Waals surface area contributed by atoms with E-state index in [0.29, 0.717) is 21.9 Å². The van der Waals surface area contributed by atoms with Crippen molar-refractivity contribution in [2.45, 2.75) is 10.9 Å². The van der Waals surface area contributed by atoms with Crippen LogP contribution >= 0.6 is 34.5 Å². The van der Waals surface area contributed by atoms with Gasteiger partial charge in [-0.1, -0.05) is 64.0 Å². The first-order valence-electron chi connectivity index (χ1n) is 9.18. The first-order chi connectivity index (χ1) is 15.7. The minimum atomic E-state index is -4.04. The molecule has 14 heteroatoms. The van der Waals surface area contributed by atoms with Crippen LogP contribution < -0.4 is 5.32 Å². The summed E-state index contributed by atoms with van der Waals surface area (Å²) in [7, 11) is -2.70. The number of anilines is 1. The van der Waals surface area contributed by atoms with E-state index in [2.05, 4.69) is 25.7 Å². The Labute approximate surface area is 202 Å². The van der Waals surface area contributed by atoms with Gasteiger partial charge in [0.2, 0.25) is 21.2 Å². The largest absolute Gasteiger partial charge is 0.338 e. The zero-order valence-electron chi connectivity index (χ0n) is 16.8. The van der Waals surface area contributed by atoms with Gasteiger partial charge < -0.3 is 4.52 Å². The minimum Gasteiger partial charge on any atom is -0.338 e. The number of carbonyl (C=O) groups excluding carboxylic acids is 1. The molecule has 33 heavy (non-hydrogen) atoms. The van der Waals surface area contributed by atoms with Crippen LogP contribution in [-0.4, -0.2) is 46.0 Å². The first kappa shape index (κ1) is 23.3. The molecule has 0 fully saturated rings. The summed E-state index contributed by atoms with van der Waals surface area (Å²) in [5.74, 6) is -0.181. The maximum Gasteiger partial charge on any atom is 0.272 e. The second-order valence-corrected chi connectivity index (χ2v) is 10.6. The Balaban J connectivity index is 1.46. The molecule has 0 aliphatic carbocycles. The fraction of sp³-hybridized carbons (Fsp3) is 0.105. The first-order valence-corrected chi connectivity index (χ1v) is 12.2. The van der Waals surface area contributed by atoms with Gasteiger partial charge in [0.05, 0.1) is 17.1 Å². The molecule has 0 bridgehead atoms. The second-order valence-electron chi connectivity index (χ2n) is 6.59. The molecule has 2 heterocycles. The number of hydrogen-bond acceptors (Lipinski definition) is 9. The highest BCUT2D eigenvalue weighted by Gasteiger charge is 2.28. The maximum absolute atomic E-state index is 12.9. The van der Waals surface area contributed by atoms with Gasteiger partial charge in [-0.15, -0.1) is 10.2 Å². The van der Waals surface area contributed by atoms with Crippen molar-refractivity contribution >= 4 is 55.6 Å². The quantitative estimate of drug-likeness (QED) is 0.359. The third-order valence-corrected chi connectivity index (χ3v) is 7.84. The Morgan fingerprint density at radius 2 is 1.94 bits per heavy atom. The lowest BCUT2D eigenvalue weighted by molar-refractivity contribution is 0.102. The average molecular weight is 525 g/mol. The highest BCUT2D eigenvalue weighted by molar-refractivity contribution is 7.91. The molecule has 0 aliphatic heterocycles. The van der Waals surface area contributed by atoms with Crippen molar-refractivity contribution in [1.29, 1.82) is 0 Å². The summed E-state index contributed by atoms with van der Waals surface area (Å²) in [5.41, 5.74) is 0.855. The highest BCUT2D eigenvalue weighted by Crippen LogP contribution is 2.25. The standard InChI is InChI=1S/C19H14Cl2N6O4S2/c1-27(10-15-22-16(26-31-15)11-5-4-6-12(20)9-11)33(29,30)19-25-24-18(32-19)23-17(28)13-7-2-3-8-14(13)21/h2-9H,10H2,1H3,(H,23,24,28). The molecule has 170 valence electrons. The summed E-state index contributed by atoms with van der Waals surface area (Å²) in [6.07, 6.45) is 0. The van der Waals surface area contributed by atoms with Gasteiger partial charge >= 0.3 is 0 Å². The number of amides is 1. The van der Waals surface area contributed by atoms with E-state index in [1.54, 1.807) is 42.5 Å². The molecule has 0 spiro atoms. The van der Waals surface area contributed by atoms with E-state index < -0.39 is 15.9 Å². The van der Waals surface area contributed by atoms with Gasteiger partial charge in [0, 0.05) is 17.6 Å². The zero-order valence-corrected chi connectivity index (χ0v) is 19.9. The predicted octanol–water partition coefficient (Wildman–Crippen LogP) is 3.97. The van der Waals surface area contributed by atoms with Crippen LogP contribution in [0.1, 0.15) is 16.2 Å². The molecule has 0 atom stereocenters. The summed E-state index contributed by atoms with van der Waals surface area (Å²) >= 11 is 12.7. The smallest absolute Gasteiger partial charge is 0.272 e. The molecule has 0 aliphatic rings. The topological polar surface area (TPSA) is 131 Å². The molecular formula is C19H14Cl2N6O4S2. The van der Waals surface area contributed by atoms with Crippen LogP contribution in [-0.2, 0) is 16.6 Å². The monoisotopic (exact) mass is 524 g/mol. The van der Waals surface area contributed by atoms with Gasteiger partial charge in [0.25, 0.3) is 15.9 Å². The van der Waals surface area contributed by atoms with E-state index in [-0.39, 0.29) is 38.3 Å². The molecule has 1 N–H and O–H groups in total. The molecular weight excluding hydrogens is 511 g/mol. The second kappa shape index (κ2) is 9.53. The highest BCUT2D eigenvalue weighted by atomic mass is 35.5. The lowest BCUT2D eigenvalue weighted by Crippen LogP contribution is -2.26. The Hall–Kier alpha value is -2.90. The van der Waals surface area contributed by atoms with E-state index in [1.165, 1.54) is 13.1 Å². The number of hydrogen-bond donors (Lipinski definition) is 1. The van der Waals surface area contributed by atoms with Crippen LogP contribution in [0.2, 0.25) is 10.0 Å². The van der Waals surface area contributed by atoms with Gasteiger partial charge in [-0.05, 0) is 24.3 Å². The van der Waals surface area contributed by atoms with Crippen LogP contribution in [0, 0.1) is 0 Å². The lowest BCUT2D eigenvalue weighted by Gasteiger charge is -2.11. The maximum atomic E-state index is 12.9. The van der Waals surface area contributed by atoms with Gasteiger partial charge in [-0.25, -0.2) is 8.42 Å². The van der Waals surface area contributed by atoms with Crippen molar-refractivity contribution in [2.75, 3.05) is 12.4 Å². The molecule has 10 nitrogen and oxygen atoms in total. The van der Waals surface area contributed by atoms with Gasteiger partial charge in [0.1, 0.15) is 0 Å². The molecule has 0 saturated carbocycles. The number of sulfonamides is 1. The molecule has 4 aromatic rings. The summed E-state index contributed by atoms with van der Waals surface area (Å²) in [5, 5.41) is 14.6. The number of nitrogens with zero attached hydrogens (tertiary/aromatic N) is 5. The molecule has 2 aromatic heterocycles. The number of carbonyl (C=O) groups is 1. The Morgan fingerprint density at radius 3 is 2.70 bits per heavy atom. The average Bonchev–Trinajstić information content (AvgIpc) is 3.44. The molecule has 2 aromatic carbocycles. The Morgan fingerprint density at radius 1 is 1.15 bits per heavy atom. The Bertz CT molecular complexity index is 1420. The molecule has 0 saturated heterocycles. The van der Waals surface area contributed by atoms with E-state index in [9.17, 15) is 13.2 Å². The van der Waals surface area contributed by atoms with Crippen molar-refractivity contribution in [1.82, 2.24) is 24.6 Å². The van der Waals surface area contributed by atoms with Crippen LogP contribution in [0.25, 0.3) is 11.4 Å². The van der Waals surface area contributed by atoms with E-state index >= 15 is 0 Å². The van der Waals surface area contributed by atoms with E-state index in [0.717, 1.165) is 4.31 Å². The SMILES string of the molecule is CN(Cc1nc(-c2cccc(Cl)c2)no1)S(=O)(=O)c1nnc(NC(=O)c2ccccc2Cl)s1. The minimum absolute atomic E-state index is 0.00734.